The van der Waals surface area contributed by atoms with Gasteiger partial charge < -0.3 is 5.73 Å². The molecule has 0 unspecified atom stereocenters. The van der Waals surface area contributed by atoms with Crippen LogP contribution in [-0.2, 0) is 0 Å². The first-order chi connectivity index (χ1) is 8.14. The van der Waals surface area contributed by atoms with Crippen molar-refractivity contribution in [2.75, 3.05) is 19.6 Å². The summed E-state index contributed by atoms with van der Waals surface area (Å²) >= 11 is 0. The fourth-order valence-electron chi connectivity index (χ4n) is 3.73. The van der Waals surface area contributed by atoms with Crippen molar-refractivity contribution < 1.29 is 0 Å². The molecule has 1 saturated heterocycles. The summed E-state index contributed by atoms with van der Waals surface area (Å²) in [6.45, 7) is 8.23. The van der Waals surface area contributed by atoms with Crippen LogP contribution in [0.25, 0.3) is 0 Å². The molecule has 2 fully saturated rings. The molecule has 1 heterocycles. The summed E-state index contributed by atoms with van der Waals surface area (Å²) in [5, 5.41) is 0. The Kier molecular flexibility index (Phi) is 4.14. The van der Waals surface area contributed by atoms with E-state index in [-0.39, 0.29) is 0 Å². The zero-order valence-corrected chi connectivity index (χ0v) is 11.8. The molecule has 0 aromatic carbocycles. The van der Waals surface area contributed by atoms with E-state index in [2.05, 4.69) is 18.7 Å². The topological polar surface area (TPSA) is 29.3 Å². The number of hydrogen-bond donors (Lipinski definition) is 1. The molecule has 2 aliphatic rings. The number of nitrogens with two attached hydrogens (primary N) is 1. The molecule has 1 aliphatic heterocycles. The molecule has 2 nitrogen and oxygen atoms in total. The summed E-state index contributed by atoms with van der Waals surface area (Å²) in [6, 6.07) is 0. The first-order valence-corrected chi connectivity index (χ1v) is 7.59. The fraction of sp³-hybridized carbons (Fsp3) is 1.00. The van der Waals surface area contributed by atoms with Crippen LogP contribution in [-0.4, -0.2) is 30.1 Å². The van der Waals surface area contributed by atoms with Crippen molar-refractivity contribution in [2.24, 2.45) is 11.1 Å². The Morgan fingerprint density at radius 3 is 2.06 bits per heavy atom. The van der Waals surface area contributed by atoms with Crippen LogP contribution >= 0.6 is 0 Å². The van der Waals surface area contributed by atoms with E-state index in [0.29, 0.717) is 11.0 Å². The highest BCUT2D eigenvalue weighted by molar-refractivity contribution is 4.97. The van der Waals surface area contributed by atoms with E-state index >= 15 is 0 Å². The first kappa shape index (κ1) is 13.4. The Morgan fingerprint density at radius 1 is 1.00 bits per heavy atom. The van der Waals surface area contributed by atoms with Crippen LogP contribution in [0.15, 0.2) is 0 Å². The third kappa shape index (κ3) is 2.68. The predicted molar refractivity (Wildman–Crippen MR) is 74.1 cm³/mol. The van der Waals surface area contributed by atoms with Gasteiger partial charge in [0.25, 0.3) is 0 Å². The van der Waals surface area contributed by atoms with Gasteiger partial charge in [-0.15, -0.1) is 0 Å². The molecular weight excluding hydrogens is 208 g/mol. The molecule has 0 bridgehead atoms. The normalized spacial score (nSPS) is 29.1. The van der Waals surface area contributed by atoms with Gasteiger partial charge in [0.05, 0.1) is 0 Å². The third-order valence-electron chi connectivity index (χ3n) is 5.66. The lowest BCUT2D eigenvalue weighted by Gasteiger charge is -2.51. The molecule has 1 saturated carbocycles. The number of hydrogen-bond acceptors (Lipinski definition) is 2. The summed E-state index contributed by atoms with van der Waals surface area (Å²) < 4.78 is 0. The van der Waals surface area contributed by atoms with Gasteiger partial charge in [-0.1, -0.05) is 39.5 Å². The van der Waals surface area contributed by atoms with Crippen molar-refractivity contribution in [3.63, 3.8) is 0 Å². The van der Waals surface area contributed by atoms with Gasteiger partial charge in [0, 0.05) is 12.1 Å². The average Bonchev–Trinajstić information content (AvgIpc) is 2.40. The highest BCUT2D eigenvalue weighted by Gasteiger charge is 2.40. The molecule has 0 radical (unpaired) electrons. The number of nitrogens with zero attached hydrogens (tertiary/aromatic N) is 1. The van der Waals surface area contributed by atoms with Crippen LogP contribution in [0.4, 0.5) is 0 Å². The maximum atomic E-state index is 6.13. The number of piperidine rings is 1. The molecule has 2 rings (SSSR count). The summed E-state index contributed by atoms with van der Waals surface area (Å²) in [4.78, 5) is 2.74. The molecule has 17 heavy (non-hydrogen) atoms. The van der Waals surface area contributed by atoms with Gasteiger partial charge in [0.2, 0.25) is 0 Å². The van der Waals surface area contributed by atoms with E-state index in [0.717, 1.165) is 6.54 Å². The standard InChI is InChI=1S/C15H30N2/c1-3-14(2)9-11-17(12-10-14)15(13-16)7-5-4-6-8-15/h3-13,16H2,1-2H3. The van der Waals surface area contributed by atoms with E-state index in [1.807, 2.05) is 0 Å². The van der Waals surface area contributed by atoms with E-state index in [9.17, 15) is 0 Å². The second kappa shape index (κ2) is 5.27. The average molecular weight is 238 g/mol. The molecule has 100 valence electrons. The molecule has 0 aromatic heterocycles. The minimum absolute atomic E-state index is 0.368. The molecule has 0 aromatic rings. The van der Waals surface area contributed by atoms with Crippen LogP contribution in [0.3, 0.4) is 0 Å². The summed E-state index contributed by atoms with van der Waals surface area (Å²) in [5.74, 6) is 0. The van der Waals surface area contributed by atoms with Gasteiger partial charge in [-0.05, 0) is 44.2 Å². The van der Waals surface area contributed by atoms with Crippen LogP contribution in [0.1, 0.15) is 65.2 Å². The smallest absolute Gasteiger partial charge is 0.0331 e. The van der Waals surface area contributed by atoms with Gasteiger partial charge >= 0.3 is 0 Å². The van der Waals surface area contributed by atoms with Crippen molar-refractivity contribution >= 4 is 0 Å². The molecule has 2 heteroatoms. The second-order valence-corrected chi connectivity index (χ2v) is 6.64. The monoisotopic (exact) mass is 238 g/mol. The third-order valence-corrected chi connectivity index (χ3v) is 5.66. The maximum absolute atomic E-state index is 6.13. The molecule has 0 spiro atoms. The quantitative estimate of drug-likeness (QED) is 0.818. The van der Waals surface area contributed by atoms with Gasteiger partial charge in [-0.25, -0.2) is 0 Å². The first-order valence-electron chi connectivity index (χ1n) is 7.59. The Balaban J connectivity index is 1.98. The van der Waals surface area contributed by atoms with Gasteiger partial charge in [0.15, 0.2) is 0 Å². The molecule has 2 N–H and O–H groups in total. The van der Waals surface area contributed by atoms with Crippen molar-refractivity contribution in [3.8, 4) is 0 Å². The maximum Gasteiger partial charge on any atom is 0.0331 e. The van der Waals surface area contributed by atoms with E-state index in [1.54, 1.807) is 0 Å². The number of rotatable bonds is 3. The minimum atomic E-state index is 0.368. The molecule has 0 amide bonds. The van der Waals surface area contributed by atoms with Crippen molar-refractivity contribution in [1.82, 2.24) is 4.90 Å². The minimum Gasteiger partial charge on any atom is -0.329 e. The van der Waals surface area contributed by atoms with Crippen LogP contribution in [0.2, 0.25) is 0 Å². The highest BCUT2D eigenvalue weighted by atomic mass is 15.2. The Labute approximate surface area is 107 Å². The number of likely N-dealkylation sites (tertiary alicyclic amines) is 1. The molecule has 1 aliphatic carbocycles. The van der Waals surface area contributed by atoms with E-state index in [1.165, 1.54) is 64.5 Å². The van der Waals surface area contributed by atoms with Crippen molar-refractivity contribution in [3.05, 3.63) is 0 Å². The lowest BCUT2D eigenvalue weighted by Crippen LogP contribution is -2.58. The second-order valence-electron chi connectivity index (χ2n) is 6.64. The molecular formula is C15H30N2. The SMILES string of the molecule is CCC1(C)CCN(C2(CN)CCCCC2)CC1. The lowest BCUT2D eigenvalue weighted by molar-refractivity contribution is 0.00347. The van der Waals surface area contributed by atoms with Crippen LogP contribution < -0.4 is 5.73 Å². The Morgan fingerprint density at radius 2 is 1.59 bits per heavy atom. The van der Waals surface area contributed by atoms with Gasteiger partial charge in [-0.2, -0.15) is 0 Å². The summed E-state index contributed by atoms with van der Waals surface area (Å²) in [6.07, 6.45) is 10.9. The zero-order valence-electron chi connectivity index (χ0n) is 11.8. The summed E-state index contributed by atoms with van der Waals surface area (Å²) in [5.41, 5.74) is 7.09. The van der Waals surface area contributed by atoms with Gasteiger partial charge in [-0.3, -0.25) is 4.90 Å². The zero-order chi connectivity index (χ0) is 12.4. The molecule has 0 atom stereocenters. The Bertz CT molecular complexity index is 235. The predicted octanol–water partition coefficient (Wildman–Crippen LogP) is 3.16. The van der Waals surface area contributed by atoms with E-state index in [4.69, 9.17) is 5.73 Å². The van der Waals surface area contributed by atoms with Crippen LogP contribution in [0, 0.1) is 5.41 Å². The fourth-order valence-corrected chi connectivity index (χ4v) is 3.73. The van der Waals surface area contributed by atoms with Crippen molar-refractivity contribution in [2.45, 2.75) is 70.8 Å². The van der Waals surface area contributed by atoms with Crippen molar-refractivity contribution in [1.29, 1.82) is 0 Å². The highest BCUT2D eigenvalue weighted by Crippen LogP contribution is 2.40. The largest absolute Gasteiger partial charge is 0.329 e. The van der Waals surface area contributed by atoms with Crippen LogP contribution in [0.5, 0.6) is 0 Å². The Hall–Kier alpha value is -0.0800. The lowest BCUT2D eigenvalue weighted by atomic mass is 9.74. The van der Waals surface area contributed by atoms with Gasteiger partial charge in [0.1, 0.15) is 0 Å². The van der Waals surface area contributed by atoms with E-state index < -0.39 is 0 Å². The summed E-state index contributed by atoms with van der Waals surface area (Å²) in [7, 11) is 0.